The van der Waals surface area contributed by atoms with Gasteiger partial charge >= 0.3 is 0 Å². The molecule has 1 saturated heterocycles. The van der Waals surface area contributed by atoms with Crippen molar-refractivity contribution in [1.82, 2.24) is 9.88 Å². The highest BCUT2D eigenvalue weighted by Crippen LogP contribution is 2.32. The number of rotatable bonds is 1. The van der Waals surface area contributed by atoms with Gasteiger partial charge in [0.05, 0.1) is 0 Å². The summed E-state index contributed by atoms with van der Waals surface area (Å²) >= 11 is 0. The summed E-state index contributed by atoms with van der Waals surface area (Å²) in [6.07, 6.45) is 5.23. The van der Waals surface area contributed by atoms with E-state index in [1.165, 1.54) is 5.56 Å². The molecule has 1 aliphatic rings. The molecule has 0 bridgehead atoms. The maximum Gasteiger partial charge on any atom is 0.107 e. The Hall–Kier alpha value is -0.930. The Morgan fingerprint density at radius 2 is 2.38 bits per heavy atom. The van der Waals surface area contributed by atoms with Crippen LogP contribution < -0.4 is 0 Å². The predicted octanol–water partition coefficient (Wildman–Crippen LogP) is 1.17. The summed E-state index contributed by atoms with van der Waals surface area (Å²) < 4.78 is 0. The third-order valence-electron chi connectivity index (χ3n) is 2.73. The van der Waals surface area contributed by atoms with Crippen LogP contribution in [0.2, 0.25) is 0 Å². The molecule has 1 aromatic heterocycles. The molecule has 0 unspecified atom stereocenters. The number of likely N-dealkylation sites (tertiary alicyclic amines) is 1. The van der Waals surface area contributed by atoms with E-state index in [0.29, 0.717) is 6.04 Å². The fourth-order valence-electron chi connectivity index (χ4n) is 1.90. The minimum atomic E-state index is -0.287. The van der Waals surface area contributed by atoms with Gasteiger partial charge in [-0.05, 0) is 31.5 Å². The average molecular weight is 178 g/mol. The maximum absolute atomic E-state index is 9.53. The minimum Gasteiger partial charge on any atom is -0.378 e. The van der Waals surface area contributed by atoms with Crippen LogP contribution in [-0.4, -0.2) is 28.3 Å². The number of aliphatic hydroxyl groups is 1. The molecule has 0 aromatic carbocycles. The summed E-state index contributed by atoms with van der Waals surface area (Å²) in [5.74, 6) is 0. The Morgan fingerprint density at radius 1 is 1.54 bits per heavy atom. The summed E-state index contributed by atoms with van der Waals surface area (Å²) in [6, 6.07) is 4.34. The zero-order chi connectivity index (χ0) is 9.26. The van der Waals surface area contributed by atoms with Crippen molar-refractivity contribution in [2.24, 2.45) is 0 Å². The normalized spacial score (nSPS) is 29.4. The van der Waals surface area contributed by atoms with E-state index in [2.05, 4.69) is 11.1 Å². The second-order valence-electron chi connectivity index (χ2n) is 3.53. The summed E-state index contributed by atoms with van der Waals surface area (Å²) in [4.78, 5) is 6.08. The Balaban J connectivity index is 2.19. The van der Waals surface area contributed by atoms with E-state index < -0.39 is 0 Å². The average Bonchev–Trinajstić information content (AvgIpc) is 2.49. The molecule has 0 radical (unpaired) electrons. The SMILES string of the molecule is CN1[C@H](O)CC[C@H]1c1cccnc1. The lowest BCUT2D eigenvalue weighted by Gasteiger charge is -2.22. The van der Waals surface area contributed by atoms with Crippen molar-refractivity contribution in [3.63, 3.8) is 0 Å². The molecule has 0 saturated carbocycles. The fraction of sp³-hybridized carbons (Fsp3) is 0.500. The van der Waals surface area contributed by atoms with Gasteiger partial charge in [0.25, 0.3) is 0 Å². The summed E-state index contributed by atoms with van der Waals surface area (Å²) in [7, 11) is 1.95. The topological polar surface area (TPSA) is 36.4 Å². The van der Waals surface area contributed by atoms with Gasteiger partial charge < -0.3 is 5.11 Å². The second-order valence-corrected chi connectivity index (χ2v) is 3.53. The van der Waals surface area contributed by atoms with Gasteiger partial charge in [0.1, 0.15) is 6.23 Å². The standard InChI is InChI=1S/C10H14N2O/c1-12-9(4-5-10(12)13)8-3-2-6-11-7-8/h2-3,6-7,9-10,13H,4-5H2,1H3/t9-,10+/m0/s1. The van der Waals surface area contributed by atoms with Crippen LogP contribution in [0.1, 0.15) is 24.4 Å². The van der Waals surface area contributed by atoms with Gasteiger partial charge in [0, 0.05) is 18.4 Å². The lowest BCUT2D eigenvalue weighted by molar-refractivity contribution is 0.0373. The van der Waals surface area contributed by atoms with Crippen LogP contribution in [0, 0.1) is 0 Å². The van der Waals surface area contributed by atoms with Crippen molar-refractivity contribution in [2.75, 3.05) is 7.05 Å². The molecular weight excluding hydrogens is 164 g/mol. The van der Waals surface area contributed by atoms with Crippen molar-refractivity contribution in [2.45, 2.75) is 25.1 Å². The van der Waals surface area contributed by atoms with Gasteiger partial charge in [-0.15, -0.1) is 0 Å². The molecular formula is C10H14N2O. The zero-order valence-corrected chi connectivity index (χ0v) is 7.72. The number of hydrogen-bond acceptors (Lipinski definition) is 3. The number of pyridine rings is 1. The molecule has 3 heteroatoms. The van der Waals surface area contributed by atoms with Crippen LogP contribution >= 0.6 is 0 Å². The fourth-order valence-corrected chi connectivity index (χ4v) is 1.90. The Labute approximate surface area is 78.0 Å². The van der Waals surface area contributed by atoms with Crippen LogP contribution in [0.15, 0.2) is 24.5 Å². The molecule has 1 aliphatic heterocycles. The van der Waals surface area contributed by atoms with Gasteiger partial charge in [-0.3, -0.25) is 9.88 Å². The summed E-state index contributed by atoms with van der Waals surface area (Å²) in [6.45, 7) is 0. The molecule has 13 heavy (non-hydrogen) atoms. The molecule has 1 fully saturated rings. The Morgan fingerprint density at radius 3 is 2.92 bits per heavy atom. The second kappa shape index (κ2) is 3.44. The van der Waals surface area contributed by atoms with Crippen molar-refractivity contribution >= 4 is 0 Å². The molecule has 1 N–H and O–H groups in total. The largest absolute Gasteiger partial charge is 0.378 e. The molecule has 70 valence electrons. The number of nitrogens with zero attached hydrogens (tertiary/aromatic N) is 2. The first-order valence-electron chi connectivity index (χ1n) is 4.59. The van der Waals surface area contributed by atoms with E-state index in [-0.39, 0.29) is 6.23 Å². The third-order valence-corrected chi connectivity index (χ3v) is 2.73. The maximum atomic E-state index is 9.53. The quantitative estimate of drug-likeness (QED) is 0.701. The molecule has 2 atom stereocenters. The third kappa shape index (κ3) is 1.57. The smallest absolute Gasteiger partial charge is 0.107 e. The van der Waals surface area contributed by atoms with E-state index >= 15 is 0 Å². The van der Waals surface area contributed by atoms with Gasteiger partial charge in [-0.1, -0.05) is 6.07 Å². The molecule has 2 rings (SSSR count). The van der Waals surface area contributed by atoms with E-state index in [9.17, 15) is 5.11 Å². The molecule has 0 spiro atoms. The van der Waals surface area contributed by atoms with Crippen LogP contribution in [0.4, 0.5) is 0 Å². The number of aromatic nitrogens is 1. The Kier molecular flexibility index (Phi) is 2.29. The van der Waals surface area contributed by atoms with Gasteiger partial charge in [-0.2, -0.15) is 0 Å². The lowest BCUT2D eigenvalue weighted by atomic mass is 10.1. The zero-order valence-electron chi connectivity index (χ0n) is 7.72. The highest BCUT2D eigenvalue weighted by Gasteiger charge is 2.29. The first kappa shape index (κ1) is 8.66. The minimum absolute atomic E-state index is 0.287. The van der Waals surface area contributed by atoms with Gasteiger partial charge in [-0.25, -0.2) is 0 Å². The predicted molar refractivity (Wildman–Crippen MR) is 50.0 cm³/mol. The Bertz CT molecular complexity index is 276. The van der Waals surface area contributed by atoms with Crippen LogP contribution in [0.25, 0.3) is 0 Å². The van der Waals surface area contributed by atoms with Crippen molar-refractivity contribution in [3.8, 4) is 0 Å². The molecule has 2 heterocycles. The highest BCUT2D eigenvalue weighted by molar-refractivity contribution is 5.15. The summed E-state index contributed by atoms with van der Waals surface area (Å²) in [5, 5.41) is 9.53. The van der Waals surface area contributed by atoms with Gasteiger partial charge in [0.15, 0.2) is 0 Å². The van der Waals surface area contributed by atoms with Crippen LogP contribution in [0.3, 0.4) is 0 Å². The monoisotopic (exact) mass is 178 g/mol. The number of hydrogen-bond donors (Lipinski definition) is 1. The van der Waals surface area contributed by atoms with Gasteiger partial charge in [0.2, 0.25) is 0 Å². The molecule has 0 aliphatic carbocycles. The van der Waals surface area contributed by atoms with Crippen LogP contribution in [0.5, 0.6) is 0 Å². The number of aliphatic hydroxyl groups excluding tert-OH is 1. The van der Waals surface area contributed by atoms with Crippen molar-refractivity contribution < 1.29 is 5.11 Å². The van der Waals surface area contributed by atoms with E-state index in [1.807, 2.05) is 24.2 Å². The van der Waals surface area contributed by atoms with E-state index in [1.54, 1.807) is 6.20 Å². The lowest BCUT2D eigenvalue weighted by Crippen LogP contribution is -2.26. The van der Waals surface area contributed by atoms with Crippen molar-refractivity contribution in [1.29, 1.82) is 0 Å². The molecule has 3 nitrogen and oxygen atoms in total. The van der Waals surface area contributed by atoms with E-state index in [4.69, 9.17) is 0 Å². The molecule has 0 amide bonds. The van der Waals surface area contributed by atoms with Crippen molar-refractivity contribution in [3.05, 3.63) is 30.1 Å². The summed E-state index contributed by atoms with van der Waals surface area (Å²) in [5.41, 5.74) is 1.20. The highest BCUT2D eigenvalue weighted by atomic mass is 16.3. The van der Waals surface area contributed by atoms with Crippen LogP contribution in [-0.2, 0) is 0 Å². The molecule has 1 aromatic rings. The van der Waals surface area contributed by atoms with E-state index in [0.717, 1.165) is 12.8 Å². The first-order valence-corrected chi connectivity index (χ1v) is 4.59. The first-order chi connectivity index (χ1) is 6.29.